The molecule has 7 nitrogen and oxygen atoms in total. The van der Waals surface area contributed by atoms with E-state index < -0.39 is 0 Å². The molecule has 0 unspecified atom stereocenters. The maximum absolute atomic E-state index is 12.4. The number of rotatable bonds is 8. The van der Waals surface area contributed by atoms with E-state index in [9.17, 15) is 9.59 Å². The molecule has 3 rings (SSSR count). The molecule has 0 aliphatic carbocycles. The van der Waals surface area contributed by atoms with Gasteiger partial charge in [-0.1, -0.05) is 19.1 Å². The second-order valence-electron chi connectivity index (χ2n) is 6.87. The maximum atomic E-state index is 12.4. The normalized spacial score (nSPS) is 13.8. The van der Waals surface area contributed by atoms with Crippen LogP contribution >= 0.6 is 0 Å². The minimum Gasteiger partial charge on any atom is -0.493 e. The second kappa shape index (κ2) is 10.3. The lowest BCUT2D eigenvalue weighted by Gasteiger charge is -2.27. The van der Waals surface area contributed by atoms with E-state index >= 15 is 0 Å². The summed E-state index contributed by atoms with van der Waals surface area (Å²) in [6.07, 6.45) is 4.97. The molecule has 3 amide bonds. The summed E-state index contributed by atoms with van der Waals surface area (Å²) >= 11 is 0. The van der Waals surface area contributed by atoms with Crippen molar-refractivity contribution in [2.75, 3.05) is 37.0 Å². The van der Waals surface area contributed by atoms with Gasteiger partial charge in [-0.15, -0.1) is 0 Å². The van der Waals surface area contributed by atoms with Gasteiger partial charge in [0.05, 0.1) is 13.7 Å². The molecule has 0 bridgehead atoms. The highest BCUT2D eigenvalue weighted by Crippen LogP contribution is 2.28. The Morgan fingerprint density at radius 1 is 1.23 bits per heavy atom. The van der Waals surface area contributed by atoms with Crippen molar-refractivity contribution < 1.29 is 19.1 Å². The molecule has 0 spiro atoms. The fourth-order valence-electron chi connectivity index (χ4n) is 3.10. The van der Waals surface area contributed by atoms with Gasteiger partial charge in [-0.25, -0.2) is 4.79 Å². The quantitative estimate of drug-likeness (QED) is 0.645. The number of benzene rings is 2. The van der Waals surface area contributed by atoms with Crippen LogP contribution in [0.2, 0.25) is 0 Å². The molecule has 7 heteroatoms. The van der Waals surface area contributed by atoms with Gasteiger partial charge in [-0.2, -0.15) is 0 Å². The van der Waals surface area contributed by atoms with Gasteiger partial charge in [0.15, 0.2) is 11.5 Å². The third-order valence-corrected chi connectivity index (χ3v) is 4.58. The maximum Gasteiger partial charge on any atom is 0.321 e. The van der Waals surface area contributed by atoms with Gasteiger partial charge in [0.1, 0.15) is 0 Å². The van der Waals surface area contributed by atoms with Crippen LogP contribution in [0.5, 0.6) is 11.5 Å². The molecule has 2 aromatic carbocycles. The number of hydrogen-bond donors (Lipinski definition) is 2. The van der Waals surface area contributed by atoms with Crippen molar-refractivity contribution in [3.63, 3.8) is 0 Å². The number of ether oxygens (including phenoxy) is 2. The lowest BCUT2D eigenvalue weighted by atomic mass is 10.2. The number of urea groups is 1. The first-order valence-corrected chi connectivity index (χ1v) is 10.1. The lowest BCUT2D eigenvalue weighted by molar-refractivity contribution is -0.111. The molecule has 2 aromatic rings. The van der Waals surface area contributed by atoms with Gasteiger partial charge in [0, 0.05) is 30.5 Å². The molecule has 158 valence electrons. The van der Waals surface area contributed by atoms with Crippen molar-refractivity contribution in [2.24, 2.45) is 0 Å². The van der Waals surface area contributed by atoms with Crippen LogP contribution in [0.15, 0.2) is 48.5 Å². The first kappa shape index (κ1) is 21.2. The number of amides is 3. The van der Waals surface area contributed by atoms with E-state index in [-0.39, 0.29) is 11.9 Å². The molecule has 0 radical (unpaired) electrons. The Morgan fingerprint density at radius 3 is 2.87 bits per heavy atom. The van der Waals surface area contributed by atoms with E-state index in [0.717, 1.165) is 24.1 Å². The topological polar surface area (TPSA) is 79.9 Å². The molecule has 1 aliphatic rings. The Hall–Kier alpha value is -3.48. The highest BCUT2D eigenvalue weighted by atomic mass is 16.5. The van der Waals surface area contributed by atoms with Crippen molar-refractivity contribution in [3.05, 3.63) is 54.1 Å². The molecule has 1 saturated heterocycles. The van der Waals surface area contributed by atoms with Gasteiger partial charge in [0.2, 0.25) is 5.91 Å². The number of carbonyl (C=O) groups is 2. The molecule has 0 saturated carbocycles. The predicted molar refractivity (Wildman–Crippen MR) is 118 cm³/mol. The van der Waals surface area contributed by atoms with Crippen molar-refractivity contribution in [1.29, 1.82) is 0 Å². The van der Waals surface area contributed by atoms with E-state index in [1.807, 2.05) is 37.3 Å². The molecule has 30 heavy (non-hydrogen) atoms. The van der Waals surface area contributed by atoms with Crippen LogP contribution in [-0.4, -0.2) is 38.7 Å². The minimum absolute atomic E-state index is 0.120. The summed E-state index contributed by atoms with van der Waals surface area (Å²) in [5.74, 6) is 1.04. The average Bonchev–Trinajstić information content (AvgIpc) is 2.77. The Kier molecular flexibility index (Phi) is 7.32. The van der Waals surface area contributed by atoms with Crippen molar-refractivity contribution in [3.8, 4) is 11.5 Å². The Bertz CT molecular complexity index is 926. The zero-order chi connectivity index (χ0) is 21.3. The lowest BCUT2D eigenvalue weighted by Crippen LogP contribution is -2.46. The van der Waals surface area contributed by atoms with Gasteiger partial charge in [-0.3, -0.25) is 9.69 Å². The zero-order valence-corrected chi connectivity index (χ0v) is 17.3. The standard InChI is InChI=1S/C23H27N3O4/c1-3-14-30-20-10-8-17(15-21(20)29-2)9-11-22(27)25-18-6-4-7-19(16-18)26-13-5-12-24-23(26)28/h4,6-11,15-16H,3,5,12-14H2,1-2H3,(H,24,28)(H,25,27). The molecule has 0 atom stereocenters. The fraction of sp³-hybridized carbons (Fsp3) is 0.304. The van der Waals surface area contributed by atoms with Gasteiger partial charge in [0.25, 0.3) is 0 Å². The highest BCUT2D eigenvalue weighted by Gasteiger charge is 2.19. The smallest absolute Gasteiger partial charge is 0.321 e. The average molecular weight is 409 g/mol. The van der Waals surface area contributed by atoms with E-state index in [1.54, 1.807) is 30.2 Å². The van der Waals surface area contributed by atoms with Crippen molar-refractivity contribution in [2.45, 2.75) is 19.8 Å². The monoisotopic (exact) mass is 409 g/mol. The summed E-state index contributed by atoms with van der Waals surface area (Å²) < 4.78 is 11.0. The van der Waals surface area contributed by atoms with Crippen molar-refractivity contribution in [1.82, 2.24) is 5.32 Å². The molecule has 1 fully saturated rings. The zero-order valence-electron chi connectivity index (χ0n) is 17.3. The third-order valence-electron chi connectivity index (χ3n) is 4.58. The van der Waals surface area contributed by atoms with Crippen LogP contribution < -0.4 is 25.0 Å². The van der Waals surface area contributed by atoms with Gasteiger partial charge < -0.3 is 20.1 Å². The van der Waals surface area contributed by atoms with Crippen LogP contribution in [0, 0.1) is 0 Å². The van der Waals surface area contributed by atoms with Crippen LogP contribution in [0.25, 0.3) is 6.08 Å². The Labute approximate surface area is 176 Å². The van der Waals surface area contributed by atoms with Crippen LogP contribution in [0.4, 0.5) is 16.2 Å². The van der Waals surface area contributed by atoms with E-state index in [2.05, 4.69) is 10.6 Å². The van der Waals surface area contributed by atoms with Crippen LogP contribution in [0.1, 0.15) is 25.3 Å². The van der Waals surface area contributed by atoms with Crippen molar-refractivity contribution >= 4 is 29.4 Å². The fourth-order valence-corrected chi connectivity index (χ4v) is 3.10. The summed E-state index contributed by atoms with van der Waals surface area (Å²) in [6.45, 7) is 4.00. The van der Waals surface area contributed by atoms with Gasteiger partial charge >= 0.3 is 6.03 Å². The van der Waals surface area contributed by atoms with E-state index in [0.29, 0.717) is 36.9 Å². The summed E-state index contributed by atoms with van der Waals surface area (Å²) in [4.78, 5) is 26.0. The highest BCUT2D eigenvalue weighted by molar-refractivity contribution is 6.02. The molecular weight excluding hydrogens is 382 g/mol. The van der Waals surface area contributed by atoms with E-state index in [1.165, 1.54) is 6.08 Å². The Balaban J connectivity index is 1.65. The number of anilines is 2. The largest absolute Gasteiger partial charge is 0.493 e. The summed E-state index contributed by atoms with van der Waals surface area (Å²) in [5.41, 5.74) is 2.20. The predicted octanol–water partition coefficient (Wildman–Crippen LogP) is 4.06. The molecule has 1 aliphatic heterocycles. The summed E-state index contributed by atoms with van der Waals surface area (Å²) in [5, 5.41) is 5.66. The molecule has 1 heterocycles. The SMILES string of the molecule is CCCOc1ccc(C=CC(=O)Nc2cccc(N3CCCNC3=O)c2)cc1OC. The van der Waals surface area contributed by atoms with Crippen LogP contribution in [-0.2, 0) is 4.79 Å². The third kappa shape index (κ3) is 5.53. The summed E-state index contributed by atoms with van der Waals surface area (Å²) in [6, 6.07) is 12.7. The summed E-state index contributed by atoms with van der Waals surface area (Å²) in [7, 11) is 1.59. The van der Waals surface area contributed by atoms with E-state index in [4.69, 9.17) is 9.47 Å². The first-order chi connectivity index (χ1) is 14.6. The minimum atomic E-state index is -0.263. The molecular formula is C23H27N3O4. The number of carbonyl (C=O) groups excluding carboxylic acids is 2. The van der Waals surface area contributed by atoms with Crippen LogP contribution in [0.3, 0.4) is 0 Å². The number of methoxy groups -OCH3 is 1. The number of hydrogen-bond acceptors (Lipinski definition) is 4. The molecule has 0 aromatic heterocycles. The number of nitrogens with zero attached hydrogens (tertiary/aromatic N) is 1. The Morgan fingerprint density at radius 2 is 2.10 bits per heavy atom. The first-order valence-electron chi connectivity index (χ1n) is 10.1. The number of nitrogens with one attached hydrogen (secondary N) is 2. The van der Waals surface area contributed by atoms with Gasteiger partial charge in [-0.05, 0) is 54.8 Å². The second-order valence-corrected chi connectivity index (χ2v) is 6.87. The molecule has 2 N–H and O–H groups in total.